The molecule has 0 fully saturated rings. The van der Waals surface area contributed by atoms with Gasteiger partial charge < -0.3 is 53.2 Å². The van der Waals surface area contributed by atoms with E-state index in [2.05, 4.69) is 21.3 Å². The van der Waals surface area contributed by atoms with Crippen molar-refractivity contribution in [2.45, 2.75) is 102 Å². The Morgan fingerprint density at radius 3 is 1.60 bits per heavy atom. The summed E-state index contributed by atoms with van der Waals surface area (Å²) in [5.41, 5.74) is 11.2. The number of nitrogens with two attached hydrogens (primary N) is 2. The maximum atomic E-state index is 13.3. The standard InChI is InChI=1S/C25H44N6O11/c1-12(2)19(24(40)31-20(13(3)32)25(41)42)30-23(39)15(6-4-5-11-26)29-22(38)16(8-10-18(35)36)28-21(37)14(27)7-9-17(33)34/h12-16,19-20,32H,4-11,26-27H2,1-3H3,(H,28,37)(H,29,38)(H,30,39)(H,31,40)(H,33,34)(H,35,36)(H,41,42). The van der Waals surface area contributed by atoms with Crippen LogP contribution in [0.1, 0.15) is 65.7 Å². The summed E-state index contributed by atoms with van der Waals surface area (Å²) < 4.78 is 0. The average molecular weight is 605 g/mol. The number of aliphatic carboxylic acids is 3. The number of carboxylic acid groups (broad SMARTS) is 3. The molecule has 0 radical (unpaired) electrons. The molecule has 4 amide bonds. The van der Waals surface area contributed by atoms with Gasteiger partial charge in [-0.05, 0) is 51.5 Å². The Morgan fingerprint density at radius 1 is 0.643 bits per heavy atom. The van der Waals surface area contributed by atoms with Crippen LogP contribution in [-0.4, -0.2) is 105 Å². The van der Waals surface area contributed by atoms with E-state index in [0.29, 0.717) is 12.8 Å². The number of nitrogens with one attached hydrogen (secondary N) is 4. The second-order valence-electron chi connectivity index (χ2n) is 10.2. The van der Waals surface area contributed by atoms with Crippen molar-refractivity contribution in [2.24, 2.45) is 17.4 Å². The first kappa shape index (κ1) is 38.2. The summed E-state index contributed by atoms with van der Waals surface area (Å²) in [6.45, 7) is 4.61. The van der Waals surface area contributed by atoms with Crippen LogP contribution in [0.4, 0.5) is 0 Å². The van der Waals surface area contributed by atoms with Crippen LogP contribution in [0.25, 0.3) is 0 Å². The van der Waals surface area contributed by atoms with Crippen molar-refractivity contribution in [2.75, 3.05) is 6.54 Å². The Morgan fingerprint density at radius 2 is 1.12 bits per heavy atom. The Hall–Kier alpha value is -3.83. The van der Waals surface area contributed by atoms with Crippen molar-refractivity contribution in [1.82, 2.24) is 21.3 Å². The number of hydrogen-bond donors (Lipinski definition) is 10. The molecule has 17 heteroatoms. The third kappa shape index (κ3) is 14.7. The van der Waals surface area contributed by atoms with Gasteiger partial charge in [-0.1, -0.05) is 13.8 Å². The fraction of sp³-hybridized carbons (Fsp3) is 0.720. The van der Waals surface area contributed by atoms with Gasteiger partial charge in [0.25, 0.3) is 0 Å². The minimum atomic E-state index is -1.64. The Kier molecular flexibility index (Phi) is 17.6. The van der Waals surface area contributed by atoms with Crippen LogP contribution < -0.4 is 32.7 Å². The minimum absolute atomic E-state index is 0.0460. The van der Waals surface area contributed by atoms with Gasteiger partial charge in [-0.2, -0.15) is 0 Å². The second-order valence-corrected chi connectivity index (χ2v) is 10.2. The molecule has 0 aromatic heterocycles. The zero-order valence-electron chi connectivity index (χ0n) is 24.0. The van der Waals surface area contributed by atoms with Gasteiger partial charge >= 0.3 is 17.9 Å². The number of carbonyl (C=O) groups excluding carboxylic acids is 4. The highest BCUT2D eigenvalue weighted by Gasteiger charge is 2.34. The van der Waals surface area contributed by atoms with Gasteiger partial charge in [-0.3, -0.25) is 28.8 Å². The third-order valence-corrected chi connectivity index (χ3v) is 6.16. The molecule has 0 saturated heterocycles. The Labute approximate surface area is 243 Å². The predicted octanol–water partition coefficient (Wildman–Crippen LogP) is -2.77. The number of aliphatic hydroxyl groups excluding tert-OH is 1. The average Bonchev–Trinajstić information content (AvgIpc) is 2.89. The van der Waals surface area contributed by atoms with Crippen LogP contribution in [-0.2, 0) is 33.6 Å². The Balaban J connectivity index is 5.87. The highest BCUT2D eigenvalue weighted by molar-refractivity contribution is 5.95. The van der Waals surface area contributed by atoms with Crippen molar-refractivity contribution < 1.29 is 54.0 Å². The molecule has 240 valence electrons. The fourth-order valence-corrected chi connectivity index (χ4v) is 3.68. The SMILES string of the molecule is CC(C)C(NC(=O)C(CCCCN)NC(=O)C(CCC(=O)O)NC(=O)C(N)CCC(=O)O)C(=O)NC(C(=O)O)C(C)O. The molecule has 6 unspecified atom stereocenters. The summed E-state index contributed by atoms with van der Waals surface area (Å²) in [6.07, 6.45) is -2.12. The molecule has 42 heavy (non-hydrogen) atoms. The smallest absolute Gasteiger partial charge is 0.328 e. The number of aliphatic hydroxyl groups is 1. The zero-order chi connectivity index (χ0) is 32.6. The summed E-state index contributed by atoms with van der Waals surface area (Å²) in [5.74, 6) is -8.02. The van der Waals surface area contributed by atoms with E-state index >= 15 is 0 Å². The number of amides is 4. The normalized spacial score (nSPS) is 15.3. The van der Waals surface area contributed by atoms with Crippen LogP contribution in [0.15, 0.2) is 0 Å². The lowest BCUT2D eigenvalue weighted by molar-refractivity contribution is -0.145. The predicted molar refractivity (Wildman–Crippen MR) is 146 cm³/mol. The van der Waals surface area contributed by atoms with E-state index in [1.807, 2.05) is 0 Å². The van der Waals surface area contributed by atoms with E-state index in [0.717, 1.165) is 0 Å². The van der Waals surface area contributed by atoms with E-state index in [-0.39, 0.29) is 25.8 Å². The number of carboxylic acids is 3. The van der Waals surface area contributed by atoms with Gasteiger partial charge in [0.2, 0.25) is 23.6 Å². The molecule has 0 aromatic carbocycles. The Bertz CT molecular complexity index is 959. The van der Waals surface area contributed by atoms with Crippen LogP contribution in [0.3, 0.4) is 0 Å². The molecule has 0 aliphatic heterocycles. The number of unbranched alkanes of at least 4 members (excludes halogenated alkanes) is 1. The fourth-order valence-electron chi connectivity index (χ4n) is 3.68. The van der Waals surface area contributed by atoms with Gasteiger partial charge in [0.15, 0.2) is 6.04 Å². The van der Waals surface area contributed by atoms with E-state index in [9.17, 15) is 43.8 Å². The van der Waals surface area contributed by atoms with Crippen molar-refractivity contribution in [1.29, 1.82) is 0 Å². The molecule has 0 bridgehead atoms. The largest absolute Gasteiger partial charge is 0.481 e. The molecule has 12 N–H and O–H groups in total. The maximum absolute atomic E-state index is 13.3. The van der Waals surface area contributed by atoms with E-state index in [1.54, 1.807) is 13.8 Å². The minimum Gasteiger partial charge on any atom is -0.481 e. The van der Waals surface area contributed by atoms with Crippen LogP contribution in [0.5, 0.6) is 0 Å². The molecular formula is C25H44N6O11. The lowest BCUT2D eigenvalue weighted by Gasteiger charge is -2.28. The maximum Gasteiger partial charge on any atom is 0.328 e. The molecule has 0 heterocycles. The van der Waals surface area contributed by atoms with Gasteiger partial charge in [0.1, 0.15) is 18.1 Å². The van der Waals surface area contributed by atoms with Crippen LogP contribution in [0, 0.1) is 5.92 Å². The molecule has 17 nitrogen and oxygen atoms in total. The van der Waals surface area contributed by atoms with Crippen molar-refractivity contribution in [3.63, 3.8) is 0 Å². The van der Waals surface area contributed by atoms with Gasteiger partial charge in [0, 0.05) is 12.8 Å². The molecular weight excluding hydrogens is 560 g/mol. The number of hydrogen-bond acceptors (Lipinski definition) is 10. The molecule has 0 aliphatic carbocycles. The lowest BCUT2D eigenvalue weighted by Crippen LogP contribution is -2.60. The summed E-state index contributed by atoms with van der Waals surface area (Å²) in [4.78, 5) is 85.0. The van der Waals surface area contributed by atoms with E-state index in [4.69, 9.17) is 21.7 Å². The number of rotatable bonds is 21. The van der Waals surface area contributed by atoms with Gasteiger partial charge in [-0.15, -0.1) is 0 Å². The van der Waals surface area contributed by atoms with Crippen molar-refractivity contribution >= 4 is 41.5 Å². The molecule has 0 rings (SSSR count). The topological polar surface area (TPSA) is 301 Å². The first-order valence-corrected chi connectivity index (χ1v) is 13.5. The highest BCUT2D eigenvalue weighted by Crippen LogP contribution is 2.09. The molecule has 0 aliphatic rings. The quantitative estimate of drug-likeness (QED) is 0.0594. The lowest BCUT2D eigenvalue weighted by atomic mass is 10.0. The van der Waals surface area contributed by atoms with E-state index in [1.165, 1.54) is 6.92 Å². The summed E-state index contributed by atoms with van der Waals surface area (Å²) in [6, 6.07) is -6.92. The molecule has 0 spiro atoms. The van der Waals surface area contributed by atoms with Crippen LogP contribution >= 0.6 is 0 Å². The highest BCUT2D eigenvalue weighted by atomic mass is 16.4. The third-order valence-electron chi connectivity index (χ3n) is 6.16. The van der Waals surface area contributed by atoms with Crippen LogP contribution in [0.2, 0.25) is 0 Å². The first-order chi connectivity index (χ1) is 19.5. The van der Waals surface area contributed by atoms with Crippen molar-refractivity contribution in [3.8, 4) is 0 Å². The molecule has 0 aromatic rings. The summed E-state index contributed by atoms with van der Waals surface area (Å²) in [7, 11) is 0. The second kappa shape index (κ2) is 19.3. The summed E-state index contributed by atoms with van der Waals surface area (Å²) >= 11 is 0. The molecule has 6 atom stereocenters. The van der Waals surface area contributed by atoms with Gasteiger partial charge in [-0.25, -0.2) is 4.79 Å². The van der Waals surface area contributed by atoms with Crippen molar-refractivity contribution in [3.05, 3.63) is 0 Å². The summed E-state index contributed by atoms with van der Waals surface area (Å²) in [5, 5.41) is 46.2. The monoisotopic (exact) mass is 604 g/mol. The first-order valence-electron chi connectivity index (χ1n) is 13.5. The van der Waals surface area contributed by atoms with Gasteiger partial charge in [0.05, 0.1) is 12.1 Å². The van der Waals surface area contributed by atoms with E-state index < -0.39 is 96.6 Å². The zero-order valence-corrected chi connectivity index (χ0v) is 24.0. The number of carbonyl (C=O) groups is 7. The molecule has 0 saturated carbocycles.